The van der Waals surface area contributed by atoms with Crippen molar-refractivity contribution in [2.24, 2.45) is 11.7 Å². The lowest BCUT2D eigenvalue weighted by Crippen LogP contribution is -2.55. The molecule has 0 aliphatic carbocycles. The highest BCUT2D eigenvalue weighted by Gasteiger charge is 2.29. The molecular formula is C13H18Cl2N2O. The van der Waals surface area contributed by atoms with Crippen molar-refractivity contribution in [1.29, 1.82) is 0 Å². The first-order chi connectivity index (χ1) is 8.31. The number of carbonyl (C=O) groups excluding carboxylic acids is 1. The molecule has 0 heterocycles. The van der Waals surface area contributed by atoms with Crippen LogP contribution in [0.25, 0.3) is 0 Å². The summed E-state index contributed by atoms with van der Waals surface area (Å²) in [5.41, 5.74) is 5.62. The fourth-order valence-electron chi connectivity index (χ4n) is 1.44. The van der Waals surface area contributed by atoms with E-state index in [9.17, 15) is 4.79 Å². The molecule has 5 heteroatoms. The van der Waals surface area contributed by atoms with Crippen LogP contribution < -0.4 is 11.1 Å². The lowest BCUT2D eigenvalue weighted by atomic mass is 9.88. The van der Waals surface area contributed by atoms with E-state index in [1.54, 1.807) is 18.2 Å². The number of nitrogens with two attached hydrogens (primary N) is 1. The Bertz CT molecular complexity index is 449. The van der Waals surface area contributed by atoms with Crippen molar-refractivity contribution in [3.8, 4) is 0 Å². The number of halogens is 2. The zero-order valence-electron chi connectivity index (χ0n) is 10.8. The summed E-state index contributed by atoms with van der Waals surface area (Å²) in [6.07, 6.45) is 0. The summed E-state index contributed by atoms with van der Waals surface area (Å²) < 4.78 is 0. The van der Waals surface area contributed by atoms with Crippen molar-refractivity contribution >= 4 is 29.1 Å². The van der Waals surface area contributed by atoms with Crippen molar-refractivity contribution in [2.45, 2.75) is 26.3 Å². The van der Waals surface area contributed by atoms with Crippen molar-refractivity contribution in [3.63, 3.8) is 0 Å². The van der Waals surface area contributed by atoms with Gasteiger partial charge in [-0.2, -0.15) is 0 Å². The van der Waals surface area contributed by atoms with E-state index in [-0.39, 0.29) is 16.8 Å². The minimum Gasteiger partial charge on any atom is -0.345 e. The van der Waals surface area contributed by atoms with Crippen molar-refractivity contribution in [3.05, 3.63) is 33.8 Å². The smallest absolute Gasteiger partial charge is 0.253 e. The van der Waals surface area contributed by atoms with Crippen LogP contribution in [0.1, 0.15) is 31.1 Å². The van der Waals surface area contributed by atoms with E-state index in [1.165, 1.54) is 0 Å². The molecule has 0 radical (unpaired) electrons. The SMILES string of the molecule is CC(C)C(C)(CN)NC(=O)c1cccc(Cl)c1Cl. The van der Waals surface area contributed by atoms with Crippen LogP contribution >= 0.6 is 23.2 Å². The van der Waals surface area contributed by atoms with Crippen molar-refractivity contribution in [1.82, 2.24) is 5.32 Å². The summed E-state index contributed by atoms with van der Waals surface area (Å²) in [6.45, 7) is 6.28. The molecule has 0 saturated carbocycles. The van der Waals surface area contributed by atoms with Gasteiger partial charge in [-0.1, -0.05) is 43.1 Å². The average molecular weight is 289 g/mol. The maximum Gasteiger partial charge on any atom is 0.253 e. The van der Waals surface area contributed by atoms with E-state index in [0.717, 1.165) is 0 Å². The van der Waals surface area contributed by atoms with Gasteiger partial charge in [-0.05, 0) is 25.0 Å². The molecule has 1 atom stereocenters. The first-order valence-electron chi connectivity index (χ1n) is 5.78. The maximum absolute atomic E-state index is 12.2. The number of amides is 1. The van der Waals surface area contributed by atoms with Crippen molar-refractivity contribution in [2.75, 3.05) is 6.54 Å². The highest BCUT2D eigenvalue weighted by Crippen LogP contribution is 2.26. The minimum absolute atomic E-state index is 0.212. The minimum atomic E-state index is -0.470. The topological polar surface area (TPSA) is 55.1 Å². The second kappa shape index (κ2) is 5.91. The van der Waals surface area contributed by atoms with Crippen LogP contribution in [0.15, 0.2) is 18.2 Å². The van der Waals surface area contributed by atoms with E-state index in [4.69, 9.17) is 28.9 Å². The Hall–Kier alpha value is -0.770. The summed E-state index contributed by atoms with van der Waals surface area (Å²) in [6, 6.07) is 4.98. The second-order valence-corrected chi connectivity index (χ2v) is 5.62. The van der Waals surface area contributed by atoms with Gasteiger partial charge in [-0.3, -0.25) is 4.79 Å². The molecule has 0 spiro atoms. The molecule has 100 valence electrons. The quantitative estimate of drug-likeness (QED) is 0.895. The summed E-state index contributed by atoms with van der Waals surface area (Å²) >= 11 is 11.9. The molecule has 1 unspecified atom stereocenters. The molecule has 0 bridgehead atoms. The molecule has 0 aliphatic heterocycles. The second-order valence-electron chi connectivity index (χ2n) is 4.83. The van der Waals surface area contributed by atoms with Crippen LogP contribution in [0.3, 0.4) is 0 Å². The fourth-order valence-corrected chi connectivity index (χ4v) is 1.82. The first-order valence-corrected chi connectivity index (χ1v) is 6.54. The molecule has 1 amide bonds. The third kappa shape index (κ3) is 3.16. The van der Waals surface area contributed by atoms with E-state index >= 15 is 0 Å². The molecule has 0 aliphatic rings. The molecule has 1 aromatic rings. The Balaban J connectivity index is 2.99. The summed E-state index contributed by atoms with van der Waals surface area (Å²) in [4.78, 5) is 12.2. The molecule has 3 nitrogen and oxygen atoms in total. The molecule has 1 aromatic carbocycles. The Morgan fingerprint density at radius 3 is 2.56 bits per heavy atom. The number of carbonyl (C=O) groups is 1. The largest absolute Gasteiger partial charge is 0.345 e. The lowest BCUT2D eigenvalue weighted by molar-refractivity contribution is 0.0883. The Kier molecular flexibility index (Phi) is 5.02. The molecule has 18 heavy (non-hydrogen) atoms. The highest BCUT2D eigenvalue weighted by atomic mass is 35.5. The Morgan fingerprint density at radius 1 is 1.44 bits per heavy atom. The number of nitrogens with one attached hydrogen (secondary N) is 1. The number of hydrogen-bond acceptors (Lipinski definition) is 2. The normalized spacial score (nSPS) is 14.4. The predicted molar refractivity (Wildman–Crippen MR) is 76.2 cm³/mol. The van der Waals surface area contributed by atoms with Crippen LogP contribution in [0.2, 0.25) is 10.0 Å². The molecule has 0 fully saturated rings. The third-order valence-electron chi connectivity index (χ3n) is 3.29. The third-order valence-corrected chi connectivity index (χ3v) is 4.11. The lowest BCUT2D eigenvalue weighted by Gasteiger charge is -2.33. The van der Waals surface area contributed by atoms with Gasteiger partial charge in [0.2, 0.25) is 0 Å². The highest BCUT2D eigenvalue weighted by molar-refractivity contribution is 6.43. The van der Waals surface area contributed by atoms with Gasteiger partial charge < -0.3 is 11.1 Å². The standard InChI is InChI=1S/C13H18Cl2N2O/c1-8(2)13(3,7-16)17-12(18)9-5-4-6-10(14)11(9)15/h4-6,8H,7,16H2,1-3H3,(H,17,18). The van der Waals surface area contributed by atoms with Crippen LogP contribution in [0, 0.1) is 5.92 Å². The van der Waals surface area contributed by atoms with Crippen molar-refractivity contribution < 1.29 is 4.79 Å². The number of rotatable bonds is 4. The predicted octanol–water partition coefficient (Wildman–Crippen LogP) is 3.10. The van der Waals surface area contributed by atoms with Gasteiger partial charge in [0.25, 0.3) is 5.91 Å². The van der Waals surface area contributed by atoms with E-state index < -0.39 is 5.54 Å². The Morgan fingerprint density at radius 2 is 2.06 bits per heavy atom. The Labute approximate surface area is 118 Å². The molecule has 0 aromatic heterocycles. The summed E-state index contributed by atoms with van der Waals surface area (Å²) in [7, 11) is 0. The monoisotopic (exact) mass is 288 g/mol. The van der Waals surface area contributed by atoms with Crippen LogP contribution in [-0.4, -0.2) is 18.0 Å². The fraction of sp³-hybridized carbons (Fsp3) is 0.462. The van der Waals surface area contributed by atoms with Crippen LogP contribution in [-0.2, 0) is 0 Å². The van der Waals surface area contributed by atoms with Gasteiger partial charge in [-0.25, -0.2) is 0 Å². The molecule has 1 rings (SSSR count). The van der Waals surface area contributed by atoms with Gasteiger partial charge in [0, 0.05) is 6.54 Å². The average Bonchev–Trinajstić information content (AvgIpc) is 2.32. The zero-order valence-corrected chi connectivity index (χ0v) is 12.3. The molecule has 0 saturated heterocycles. The number of hydrogen-bond donors (Lipinski definition) is 2. The summed E-state index contributed by atoms with van der Waals surface area (Å²) in [5.74, 6) is -0.0476. The van der Waals surface area contributed by atoms with E-state index in [2.05, 4.69) is 5.32 Å². The van der Waals surface area contributed by atoms with Gasteiger partial charge in [0.15, 0.2) is 0 Å². The van der Waals surface area contributed by atoms with Gasteiger partial charge in [-0.15, -0.1) is 0 Å². The first kappa shape index (κ1) is 15.3. The maximum atomic E-state index is 12.2. The van der Waals surface area contributed by atoms with Crippen LogP contribution in [0.4, 0.5) is 0 Å². The number of benzene rings is 1. The van der Waals surface area contributed by atoms with Gasteiger partial charge in [0.05, 0.1) is 21.1 Å². The van der Waals surface area contributed by atoms with Crippen LogP contribution in [0.5, 0.6) is 0 Å². The zero-order chi connectivity index (χ0) is 13.9. The molecule has 3 N–H and O–H groups in total. The summed E-state index contributed by atoms with van der Waals surface area (Å²) in [5, 5.41) is 3.55. The van der Waals surface area contributed by atoms with Gasteiger partial charge in [0.1, 0.15) is 0 Å². The van der Waals surface area contributed by atoms with E-state index in [0.29, 0.717) is 17.1 Å². The molecular weight excluding hydrogens is 271 g/mol. The van der Waals surface area contributed by atoms with E-state index in [1.807, 2.05) is 20.8 Å². The van der Waals surface area contributed by atoms with Gasteiger partial charge >= 0.3 is 0 Å².